The molecule has 0 radical (unpaired) electrons. The summed E-state index contributed by atoms with van der Waals surface area (Å²) in [6, 6.07) is 3.79. The number of thioether (sulfide) groups is 1. The average molecular weight is 312 g/mol. The van der Waals surface area contributed by atoms with Gasteiger partial charge < -0.3 is 10.4 Å². The molecule has 0 aliphatic rings. The highest BCUT2D eigenvalue weighted by Crippen LogP contribution is 2.32. The molecule has 1 aromatic carbocycles. The van der Waals surface area contributed by atoms with Gasteiger partial charge in [-0.3, -0.25) is 10.1 Å². The van der Waals surface area contributed by atoms with Crippen LogP contribution in [0.1, 0.15) is 37.0 Å². The smallest absolute Gasteiger partial charge is 0.335 e. The molecule has 0 aliphatic carbocycles. The molecule has 0 heterocycles. The highest BCUT2D eigenvalue weighted by molar-refractivity contribution is 8.00. The predicted octanol–water partition coefficient (Wildman–Crippen LogP) is 3.63. The molecule has 0 spiro atoms. The number of rotatable bonds is 8. The molecule has 0 aliphatic heterocycles. The van der Waals surface area contributed by atoms with Gasteiger partial charge in [0.2, 0.25) is 0 Å². The van der Waals surface area contributed by atoms with Crippen LogP contribution in [0.4, 0.5) is 11.4 Å². The van der Waals surface area contributed by atoms with E-state index in [-0.39, 0.29) is 21.7 Å². The van der Waals surface area contributed by atoms with E-state index in [1.165, 1.54) is 18.2 Å². The van der Waals surface area contributed by atoms with Crippen LogP contribution < -0.4 is 5.32 Å². The lowest BCUT2D eigenvalue weighted by molar-refractivity contribution is -0.384. The van der Waals surface area contributed by atoms with Gasteiger partial charge >= 0.3 is 5.97 Å². The lowest BCUT2D eigenvalue weighted by atomic mass is 10.0. The van der Waals surface area contributed by atoms with Crippen molar-refractivity contribution < 1.29 is 14.8 Å². The number of hydrogen-bond acceptors (Lipinski definition) is 5. The van der Waals surface area contributed by atoms with Crippen LogP contribution in [-0.2, 0) is 0 Å². The molecule has 1 aromatic rings. The Morgan fingerprint density at radius 3 is 2.48 bits per heavy atom. The predicted molar refractivity (Wildman–Crippen MR) is 85.4 cm³/mol. The van der Waals surface area contributed by atoms with Crippen LogP contribution in [-0.4, -0.2) is 33.5 Å². The highest BCUT2D eigenvalue weighted by Gasteiger charge is 2.26. The lowest BCUT2D eigenvalue weighted by Crippen LogP contribution is -2.32. The Labute approximate surface area is 128 Å². The summed E-state index contributed by atoms with van der Waals surface area (Å²) in [6.07, 6.45) is 3.85. The minimum Gasteiger partial charge on any atom is -0.478 e. The minimum absolute atomic E-state index is 0.0207. The zero-order chi connectivity index (χ0) is 16.0. The molecular weight excluding hydrogens is 292 g/mol. The van der Waals surface area contributed by atoms with E-state index in [2.05, 4.69) is 19.2 Å². The number of aromatic carboxylic acids is 1. The Hall–Kier alpha value is -1.76. The number of benzene rings is 1. The van der Waals surface area contributed by atoms with Crippen LogP contribution >= 0.6 is 11.8 Å². The number of carboxylic acids is 1. The molecule has 0 aromatic heterocycles. The van der Waals surface area contributed by atoms with Crippen LogP contribution in [0.25, 0.3) is 0 Å². The van der Waals surface area contributed by atoms with Crippen molar-refractivity contribution in [3.63, 3.8) is 0 Å². The summed E-state index contributed by atoms with van der Waals surface area (Å²) in [5.74, 6) is -1.10. The zero-order valence-electron chi connectivity index (χ0n) is 12.4. The first-order valence-corrected chi connectivity index (χ1v) is 7.92. The molecule has 21 heavy (non-hydrogen) atoms. The highest BCUT2D eigenvalue weighted by atomic mass is 32.2. The number of carboxylic acid groups (broad SMARTS) is 1. The fourth-order valence-corrected chi connectivity index (χ4v) is 2.88. The quantitative estimate of drug-likeness (QED) is 0.562. The number of anilines is 1. The molecule has 0 fully saturated rings. The molecule has 1 rings (SSSR count). The van der Waals surface area contributed by atoms with Crippen molar-refractivity contribution in [3.8, 4) is 0 Å². The summed E-state index contributed by atoms with van der Waals surface area (Å²) in [4.78, 5) is 21.5. The fraction of sp³-hybridized carbons (Fsp3) is 0.500. The third kappa shape index (κ3) is 4.10. The van der Waals surface area contributed by atoms with Crippen molar-refractivity contribution in [2.75, 3.05) is 18.1 Å². The first-order chi connectivity index (χ1) is 9.89. The maximum Gasteiger partial charge on any atom is 0.335 e. The number of nitro benzene ring substituents is 1. The van der Waals surface area contributed by atoms with E-state index < -0.39 is 10.9 Å². The second kappa shape index (κ2) is 7.31. The molecule has 0 bridgehead atoms. The number of nitrogens with zero attached hydrogens (tertiary/aromatic N) is 1. The van der Waals surface area contributed by atoms with E-state index in [1.807, 2.05) is 6.26 Å². The van der Waals surface area contributed by atoms with Crippen LogP contribution in [0, 0.1) is 10.1 Å². The average Bonchev–Trinajstić information content (AvgIpc) is 2.48. The van der Waals surface area contributed by atoms with Gasteiger partial charge in [-0.05, 0) is 31.2 Å². The SMILES string of the molecule is CCC(CC)(CNc1cc(C(=O)O)ccc1[N+](=O)[O-])SC. The standard InChI is InChI=1S/C14H20N2O4S/c1-4-14(5-2,21-3)9-15-11-8-10(13(17)18)6-7-12(11)16(19)20/h6-8,15H,4-5,9H2,1-3H3,(H,17,18). The van der Waals surface area contributed by atoms with Crippen molar-refractivity contribution in [2.45, 2.75) is 31.4 Å². The molecule has 0 unspecified atom stereocenters. The van der Waals surface area contributed by atoms with Crippen molar-refractivity contribution in [2.24, 2.45) is 0 Å². The first kappa shape index (κ1) is 17.3. The van der Waals surface area contributed by atoms with Crippen LogP contribution in [0.2, 0.25) is 0 Å². The lowest BCUT2D eigenvalue weighted by Gasteiger charge is -2.30. The Bertz CT molecular complexity index is 521. The summed E-state index contributed by atoms with van der Waals surface area (Å²) in [5.41, 5.74) is 0.174. The maximum absolute atomic E-state index is 11.0. The van der Waals surface area contributed by atoms with Crippen LogP contribution in [0.5, 0.6) is 0 Å². The summed E-state index contributed by atoms with van der Waals surface area (Å²) in [6.45, 7) is 4.69. The van der Waals surface area contributed by atoms with Crippen molar-refractivity contribution in [1.29, 1.82) is 0 Å². The number of hydrogen-bond donors (Lipinski definition) is 2. The van der Waals surface area contributed by atoms with Crippen molar-refractivity contribution >= 4 is 29.1 Å². The fourth-order valence-electron chi connectivity index (χ4n) is 2.09. The third-order valence-corrected chi connectivity index (χ3v) is 5.35. The van der Waals surface area contributed by atoms with Crippen LogP contribution in [0.15, 0.2) is 18.2 Å². The Balaban J connectivity index is 3.07. The Morgan fingerprint density at radius 1 is 1.43 bits per heavy atom. The molecule has 0 saturated heterocycles. The molecule has 2 N–H and O–H groups in total. The summed E-state index contributed by atoms with van der Waals surface area (Å²) in [5, 5.41) is 23.1. The second-order valence-electron chi connectivity index (χ2n) is 4.74. The van der Waals surface area contributed by atoms with Gasteiger partial charge in [-0.25, -0.2) is 4.79 Å². The largest absolute Gasteiger partial charge is 0.478 e. The Kier molecular flexibility index (Phi) is 6.02. The van der Waals surface area contributed by atoms with Gasteiger partial charge in [-0.2, -0.15) is 11.8 Å². The van der Waals surface area contributed by atoms with Crippen LogP contribution in [0.3, 0.4) is 0 Å². The van der Waals surface area contributed by atoms with Gasteiger partial charge in [0.15, 0.2) is 0 Å². The molecule has 0 amide bonds. The van der Waals surface area contributed by atoms with Gasteiger partial charge in [0, 0.05) is 17.4 Å². The van der Waals surface area contributed by atoms with Crippen molar-refractivity contribution in [3.05, 3.63) is 33.9 Å². The molecule has 6 nitrogen and oxygen atoms in total. The normalized spacial score (nSPS) is 11.2. The van der Waals surface area contributed by atoms with E-state index in [1.54, 1.807) is 11.8 Å². The zero-order valence-corrected chi connectivity index (χ0v) is 13.2. The summed E-state index contributed by atoms with van der Waals surface area (Å²) in [7, 11) is 0. The van der Waals surface area contributed by atoms with Gasteiger partial charge in [-0.15, -0.1) is 0 Å². The molecule has 0 saturated carbocycles. The number of nitro groups is 1. The minimum atomic E-state index is -1.10. The van der Waals surface area contributed by atoms with E-state index in [4.69, 9.17) is 5.11 Å². The van der Waals surface area contributed by atoms with E-state index in [0.717, 1.165) is 12.8 Å². The molecular formula is C14H20N2O4S. The van der Waals surface area contributed by atoms with Crippen molar-refractivity contribution in [1.82, 2.24) is 0 Å². The third-order valence-electron chi connectivity index (χ3n) is 3.76. The van der Waals surface area contributed by atoms with Gasteiger partial charge in [0.05, 0.1) is 10.5 Å². The maximum atomic E-state index is 11.0. The Morgan fingerprint density at radius 2 is 2.05 bits per heavy atom. The summed E-state index contributed by atoms with van der Waals surface area (Å²) >= 11 is 1.71. The number of nitrogens with one attached hydrogen (secondary N) is 1. The second-order valence-corrected chi connectivity index (χ2v) is 6.02. The van der Waals surface area contributed by atoms with Gasteiger partial charge in [-0.1, -0.05) is 13.8 Å². The van der Waals surface area contributed by atoms with E-state index >= 15 is 0 Å². The topological polar surface area (TPSA) is 92.5 Å². The first-order valence-electron chi connectivity index (χ1n) is 6.70. The van der Waals surface area contributed by atoms with Gasteiger partial charge in [0.25, 0.3) is 5.69 Å². The van der Waals surface area contributed by atoms with Gasteiger partial charge in [0.1, 0.15) is 5.69 Å². The van der Waals surface area contributed by atoms with E-state index in [9.17, 15) is 14.9 Å². The monoisotopic (exact) mass is 312 g/mol. The molecule has 116 valence electrons. The van der Waals surface area contributed by atoms with E-state index in [0.29, 0.717) is 6.54 Å². The molecule has 7 heteroatoms. The molecule has 0 atom stereocenters. The number of carbonyl (C=O) groups is 1. The summed E-state index contributed by atoms with van der Waals surface area (Å²) < 4.78 is -0.0207.